The topological polar surface area (TPSA) is 105 Å². The zero-order chi connectivity index (χ0) is 18.0. The average Bonchev–Trinajstić information content (AvgIpc) is 2.98. The highest BCUT2D eigenvalue weighted by atomic mass is 32.2. The number of rotatable bonds is 5. The molecule has 2 N–H and O–H groups in total. The van der Waals surface area contributed by atoms with Gasteiger partial charge in [-0.15, -0.1) is 0 Å². The second-order valence-corrected chi connectivity index (χ2v) is 7.37. The fourth-order valence-electron chi connectivity index (χ4n) is 2.22. The highest BCUT2D eigenvalue weighted by Crippen LogP contribution is 2.16. The minimum absolute atomic E-state index is 0.0396. The molecular formula is C16H17N5O3S. The third-order valence-electron chi connectivity index (χ3n) is 3.33. The van der Waals surface area contributed by atoms with Crippen LogP contribution in [0.4, 0.5) is 5.82 Å². The maximum absolute atomic E-state index is 12.4. The molecule has 0 atom stereocenters. The van der Waals surface area contributed by atoms with Crippen molar-refractivity contribution < 1.29 is 13.2 Å². The highest BCUT2D eigenvalue weighted by Gasteiger charge is 2.18. The number of nitrogens with zero attached hydrogens (tertiary/aromatic N) is 3. The molecule has 9 heteroatoms. The number of nitrogens with one attached hydrogen (secondary N) is 2. The van der Waals surface area contributed by atoms with Gasteiger partial charge < -0.3 is 5.32 Å². The van der Waals surface area contributed by atoms with Gasteiger partial charge in [0.2, 0.25) is 0 Å². The third-order valence-corrected chi connectivity index (χ3v) is 4.70. The number of amides is 1. The molecular weight excluding hydrogens is 342 g/mol. The lowest BCUT2D eigenvalue weighted by Crippen LogP contribution is -2.30. The molecule has 130 valence electrons. The summed E-state index contributed by atoms with van der Waals surface area (Å²) in [5.41, 5.74) is 0.542. The van der Waals surface area contributed by atoms with Crippen LogP contribution in [0.2, 0.25) is 0 Å². The molecule has 8 nitrogen and oxygen atoms in total. The Balaban J connectivity index is 1.95. The second-order valence-electron chi connectivity index (χ2n) is 5.69. The number of carbonyl (C=O) groups is 1. The number of carbonyl (C=O) groups excluding carboxylic acids is 1. The molecule has 0 saturated carbocycles. The van der Waals surface area contributed by atoms with Gasteiger partial charge in [-0.25, -0.2) is 17.9 Å². The summed E-state index contributed by atoms with van der Waals surface area (Å²) in [6.45, 7) is 3.69. The molecule has 0 fully saturated rings. The summed E-state index contributed by atoms with van der Waals surface area (Å²) in [6.07, 6.45) is 2.94. The SMILES string of the molecule is CC(C)NC(=O)c1cnn2ccc(NS(=O)(=O)c3ccccc3)nc12. The summed E-state index contributed by atoms with van der Waals surface area (Å²) in [5.74, 6) is -0.212. The Hall–Kier alpha value is -2.94. The molecule has 3 rings (SSSR count). The van der Waals surface area contributed by atoms with Crippen LogP contribution in [0.25, 0.3) is 5.65 Å². The lowest BCUT2D eigenvalue weighted by atomic mass is 10.3. The average molecular weight is 359 g/mol. The van der Waals surface area contributed by atoms with Crippen LogP contribution < -0.4 is 10.0 Å². The molecule has 0 aliphatic rings. The van der Waals surface area contributed by atoms with Gasteiger partial charge in [0.15, 0.2) is 5.65 Å². The van der Waals surface area contributed by atoms with Crippen LogP contribution in [0.1, 0.15) is 24.2 Å². The fraction of sp³-hybridized carbons (Fsp3) is 0.188. The molecule has 25 heavy (non-hydrogen) atoms. The molecule has 0 aliphatic carbocycles. The molecule has 3 aromatic rings. The fourth-order valence-corrected chi connectivity index (χ4v) is 3.24. The van der Waals surface area contributed by atoms with E-state index in [1.165, 1.54) is 35.1 Å². The smallest absolute Gasteiger partial charge is 0.263 e. The van der Waals surface area contributed by atoms with Crippen molar-refractivity contribution in [1.82, 2.24) is 19.9 Å². The number of aromatic nitrogens is 3. The van der Waals surface area contributed by atoms with Gasteiger partial charge >= 0.3 is 0 Å². The van der Waals surface area contributed by atoms with E-state index in [0.717, 1.165) is 0 Å². The Bertz CT molecular complexity index is 1010. The van der Waals surface area contributed by atoms with E-state index in [1.54, 1.807) is 18.2 Å². The van der Waals surface area contributed by atoms with Crippen LogP contribution in [0.5, 0.6) is 0 Å². The van der Waals surface area contributed by atoms with Crippen LogP contribution in [-0.4, -0.2) is 35.0 Å². The normalized spacial score (nSPS) is 11.6. The number of hydrogen-bond acceptors (Lipinski definition) is 5. The molecule has 0 unspecified atom stereocenters. The van der Waals surface area contributed by atoms with Crippen LogP contribution in [0.15, 0.2) is 53.7 Å². The first-order valence-electron chi connectivity index (χ1n) is 7.60. The van der Waals surface area contributed by atoms with Gasteiger partial charge in [0.05, 0.1) is 11.1 Å². The number of sulfonamides is 1. The maximum Gasteiger partial charge on any atom is 0.263 e. The highest BCUT2D eigenvalue weighted by molar-refractivity contribution is 7.92. The number of anilines is 1. The summed E-state index contributed by atoms with van der Waals surface area (Å²) in [7, 11) is -3.76. The third kappa shape index (κ3) is 3.61. The molecule has 2 heterocycles. The lowest BCUT2D eigenvalue weighted by molar-refractivity contribution is 0.0944. The molecule has 1 aromatic carbocycles. The Morgan fingerprint density at radius 3 is 2.56 bits per heavy atom. The Kier molecular flexibility index (Phi) is 4.41. The van der Waals surface area contributed by atoms with Crippen LogP contribution in [0, 0.1) is 0 Å². The summed E-state index contributed by atoms with van der Waals surface area (Å²) >= 11 is 0. The largest absolute Gasteiger partial charge is 0.350 e. The molecule has 1 amide bonds. The molecule has 0 radical (unpaired) electrons. The first-order chi connectivity index (χ1) is 11.9. The minimum Gasteiger partial charge on any atom is -0.350 e. The molecule has 0 aliphatic heterocycles. The first kappa shape index (κ1) is 16.9. The van der Waals surface area contributed by atoms with E-state index in [1.807, 2.05) is 13.8 Å². The van der Waals surface area contributed by atoms with Crippen molar-refractivity contribution in [3.63, 3.8) is 0 Å². The van der Waals surface area contributed by atoms with Gasteiger partial charge in [0.1, 0.15) is 11.4 Å². The van der Waals surface area contributed by atoms with E-state index < -0.39 is 10.0 Å². The van der Waals surface area contributed by atoms with E-state index in [4.69, 9.17) is 0 Å². The molecule has 2 aromatic heterocycles. The number of benzene rings is 1. The van der Waals surface area contributed by atoms with Crippen LogP contribution in [-0.2, 0) is 10.0 Å². The van der Waals surface area contributed by atoms with E-state index in [2.05, 4.69) is 20.1 Å². The van der Waals surface area contributed by atoms with Crippen molar-refractivity contribution in [2.45, 2.75) is 24.8 Å². The number of fused-ring (bicyclic) bond motifs is 1. The van der Waals surface area contributed by atoms with Crippen molar-refractivity contribution >= 4 is 27.4 Å². The number of hydrogen-bond donors (Lipinski definition) is 2. The Labute approximate surface area is 144 Å². The van der Waals surface area contributed by atoms with Crippen molar-refractivity contribution in [3.8, 4) is 0 Å². The summed E-state index contributed by atoms with van der Waals surface area (Å²) in [5, 5.41) is 6.82. The van der Waals surface area contributed by atoms with E-state index in [-0.39, 0.29) is 33.9 Å². The van der Waals surface area contributed by atoms with Crippen molar-refractivity contribution in [2.75, 3.05) is 4.72 Å². The second kappa shape index (κ2) is 6.52. The maximum atomic E-state index is 12.4. The monoisotopic (exact) mass is 359 g/mol. The summed E-state index contributed by atoms with van der Waals surface area (Å²) in [4.78, 5) is 16.6. The molecule has 0 bridgehead atoms. The van der Waals surface area contributed by atoms with E-state index in [0.29, 0.717) is 0 Å². The summed E-state index contributed by atoms with van der Waals surface area (Å²) < 4.78 is 28.6. The Morgan fingerprint density at radius 1 is 1.16 bits per heavy atom. The van der Waals surface area contributed by atoms with Gasteiger partial charge in [-0.2, -0.15) is 5.10 Å². The zero-order valence-electron chi connectivity index (χ0n) is 13.7. The van der Waals surface area contributed by atoms with Crippen molar-refractivity contribution in [1.29, 1.82) is 0 Å². The van der Waals surface area contributed by atoms with Crippen molar-refractivity contribution in [2.24, 2.45) is 0 Å². The minimum atomic E-state index is -3.76. The van der Waals surface area contributed by atoms with E-state index >= 15 is 0 Å². The van der Waals surface area contributed by atoms with Gasteiger partial charge in [-0.3, -0.25) is 9.52 Å². The van der Waals surface area contributed by atoms with E-state index in [9.17, 15) is 13.2 Å². The quantitative estimate of drug-likeness (QED) is 0.721. The van der Waals surface area contributed by atoms with Crippen LogP contribution >= 0.6 is 0 Å². The van der Waals surface area contributed by atoms with Crippen molar-refractivity contribution in [3.05, 3.63) is 54.4 Å². The predicted molar refractivity (Wildman–Crippen MR) is 92.8 cm³/mol. The lowest BCUT2D eigenvalue weighted by Gasteiger charge is -2.09. The first-order valence-corrected chi connectivity index (χ1v) is 9.08. The van der Waals surface area contributed by atoms with Gasteiger partial charge in [0, 0.05) is 12.2 Å². The summed E-state index contributed by atoms with van der Waals surface area (Å²) in [6, 6.07) is 9.41. The standard InChI is InChI=1S/C16H17N5O3S/c1-11(2)18-16(22)13-10-17-21-9-8-14(19-15(13)21)20-25(23,24)12-6-4-3-5-7-12/h3-11H,1-2H3,(H,18,22)(H,19,20). The van der Waals surface area contributed by atoms with Gasteiger partial charge in [0.25, 0.3) is 15.9 Å². The Morgan fingerprint density at radius 2 is 1.88 bits per heavy atom. The predicted octanol–water partition coefficient (Wildman–Crippen LogP) is 1.67. The van der Waals surface area contributed by atoms with Gasteiger partial charge in [-0.05, 0) is 32.0 Å². The zero-order valence-corrected chi connectivity index (χ0v) is 14.5. The molecule has 0 spiro atoms. The molecule has 0 saturated heterocycles. The van der Waals surface area contributed by atoms with Crippen LogP contribution in [0.3, 0.4) is 0 Å². The van der Waals surface area contributed by atoms with Gasteiger partial charge in [-0.1, -0.05) is 18.2 Å².